The SMILES string of the molecule is COc1ccc(NC(=S)NNC(=O)c2ccc(C(=O)NNC(=S)Nc3ccc(OC)cc3)nc2)cc1. The largest absolute Gasteiger partial charge is 0.497 e. The molecule has 0 saturated carbocycles. The maximum absolute atomic E-state index is 12.3. The zero-order chi connectivity index (χ0) is 25.9. The van der Waals surface area contributed by atoms with Crippen LogP contribution in [0.2, 0.25) is 0 Å². The van der Waals surface area contributed by atoms with E-state index in [1.54, 1.807) is 62.8 Å². The number of hydrazine groups is 2. The molecule has 0 aliphatic rings. The van der Waals surface area contributed by atoms with Gasteiger partial charge in [0.05, 0.1) is 19.8 Å². The average molecular weight is 526 g/mol. The Kier molecular flexibility index (Phi) is 9.31. The molecule has 11 nitrogen and oxygen atoms in total. The molecule has 3 rings (SSSR count). The first-order chi connectivity index (χ1) is 17.4. The number of nitrogens with one attached hydrogen (secondary N) is 6. The van der Waals surface area contributed by atoms with Crippen LogP contribution >= 0.6 is 24.4 Å². The molecule has 0 radical (unpaired) electrons. The molecule has 0 aliphatic carbocycles. The summed E-state index contributed by atoms with van der Waals surface area (Å²) in [6.45, 7) is 0. The van der Waals surface area contributed by atoms with Crippen LogP contribution in [0.1, 0.15) is 20.8 Å². The van der Waals surface area contributed by atoms with Crippen LogP contribution in [-0.2, 0) is 0 Å². The number of hydrogen-bond acceptors (Lipinski definition) is 7. The van der Waals surface area contributed by atoms with Gasteiger partial charge in [-0.1, -0.05) is 0 Å². The van der Waals surface area contributed by atoms with Gasteiger partial charge in [0.1, 0.15) is 17.2 Å². The molecule has 186 valence electrons. The van der Waals surface area contributed by atoms with E-state index in [1.807, 2.05) is 0 Å². The van der Waals surface area contributed by atoms with Gasteiger partial charge in [-0.2, -0.15) is 0 Å². The van der Waals surface area contributed by atoms with Crippen molar-refractivity contribution in [1.29, 1.82) is 0 Å². The summed E-state index contributed by atoms with van der Waals surface area (Å²) in [5.74, 6) is 0.390. The van der Waals surface area contributed by atoms with E-state index in [0.29, 0.717) is 22.9 Å². The molecule has 0 spiro atoms. The Balaban J connectivity index is 1.42. The number of carbonyl (C=O) groups excluding carboxylic acids is 2. The molecule has 13 heteroatoms. The number of benzene rings is 2. The first kappa shape index (κ1) is 26.1. The summed E-state index contributed by atoms with van der Waals surface area (Å²) in [5.41, 5.74) is 11.8. The third kappa shape index (κ3) is 7.78. The summed E-state index contributed by atoms with van der Waals surface area (Å²) in [5, 5.41) is 6.20. The molecule has 0 fully saturated rings. The Morgan fingerprint density at radius 2 is 1.14 bits per heavy atom. The minimum atomic E-state index is -0.538. The Labute approximate surface area is 217 Å². The molecule has 0 unspecified atom stereocenters. The number of ether oxygens (including phenoxy) is 2. The number of nitrogens with zero attached hydrogens (tertiary/aromatic N) is 1. The van der Waals surface area contributed by atoms with E-state index in [9.17, 15) is 9.59 Å². The summed E-state index contributed by atoms with van der Waals surface area (Å²) < 4.78 is 10.2. The quantitative estimate of drug-likeness (QED) is 0.209. The molecule has 0 aliphatic heterocycles. The number of thiocarbonyl (C=S) groups is 2. The Hall–Kier alpha value is -4.49. The lowest BCUT2D eigenvalue weighted by Crippen LogP contribution is -2.44. The topological polar surface area (TPSA) is 138 Å². The van der Waals surface area contributed by atoms with Crippen LogP contribution < -0.4 is 41.8 Å². The van der Waals surface area contributed by atoms with Crippen LogP contribution in [0, 0.1) is 0 Å². The number of amides is 2. The minimum absolute atomic E-state index is 0.0796. The number of rotatable bonds is 6. The average Bonchev–Trinajstić information content (AvgIpc) is 2.91. The van der Waals surface area contributed by atoms with Crippen molar-refractivity contribution in [3.63, 3.8) is 0 Å². The van der Waals surface area contributed by atoms with Gasteiger partial charge in [-0.3, -0.25) is 36.3 Å². The fourth-order valence-electron chi connectivity index (χ4n) is 2.70. The summed E-state index contributed by atoms with van der Waals surface area (Å²) >= 11 is 10.3. The number of aromatic nitrogens is 1. The zero-order valence-corrected chi connectivity index (χ0v) is 20.9. The molecular weight excluding hydrogens is 502 g/mol. The van der Waals surface area contributed by atoms with Gasteiger partial charge in [-0.15, -0.1) is 0 Å². The van der Waals surface area contributed by atoms with Gasteiger partial charge >= 0.3 is 0 Å². The van der Waals surface area contributed by atoms with Gasteiger partial charge in [0.15, 0.2) is 10.2 Å². The molecule has 3 aromatic rings. The highest BCUT2D eigenvalue weighted by atomic mass is 32.1. The van der Waals surface area contributed by atoms with Gasteiger partial charge in [0.25, 0.3) is 11.8 Å². The second-order valence-corrected chi connectivity index (χ2v) is 7.77. The van der Waals surface area contributed by atoms with Crippen molar-refractivity contribution in [3.8, 4) is 11.5 Å². The van der Waals surface area contributed by atoms with Crippen LogP contribution in [-0.4, -0.2) is 41.2 Å². The fraction of sp³-hybridized carbons (Fsp3) is 0.0870. The molecule has 2 amide bonds. The van der Waals surface area contributed by atoms with Crippen molar-refractivity contribution in [3.05, 3.63) is 78.1 Å². The third-order valence-electron chi connectivity index (χ3n) is 4.53. The predicted octanol–water partition coefficient (Wildman–Crippen LogP) is 2.36. The molecule has 6 N–H and O–H groups in total. The lowest BCUT2D eigenvalue weighted by molar-refractivity contribution is 0.0928. The summed E-state index contributed by atoms with van der Waals surface area (Å²) in [7, 11) is 3.15. The van der Waals surface area contributed by atoms with Crippen molar-refractivity contribution >= 4 is 57.8 Å². The maximum atomic E-state index is 12.3. The molecule has 0 atom stereocenters. The molecule has 1 heterocycles. The van der Waals surface area contributed by atoms with E-state index in [4.69, 9.17) is 33.9 Å². The maximum Gasteiger partial charge on any atom is 0.288 e. The highest BCUT2D eigenvalue weighted by molar-refractivity contribution is 7.80. The molecule has 36 heavy (non-hydrogen) atoms. The van der Waals surface area contributed by atoms with Crippen LogP contribution in [0.25, 0.3) is 0 Å². The standard InChI is InChI=1S/C23H23N7O4S2/c1-33-17-8-4-15(5-9-17)25-22(35)29-27-20(31)14-3-12-19(24-13-14)21(32)28-30-23(36)26-16-6-10-18(34-2)11-7-16/h3-13H,1-2H3,(H,27,31)(H,28,32)(H2,25,29,35)(H2,26,30,36). The number of anilines is 2. The smallest absolute Gasteiger partial charge is 0.288 e. The number of pyridine rings is 1. The molecule has 2 aromatic carbocycles. The van der Waals surface area contributed by atoms with E-state index >= 15 is 0 Å². The van der Waals surface area contributed by atoms with Crippen LogP contribution in [0.3, 0.4) is 0 Å². The number of hydrogen-bond donors (Lipinski definition) is 6. The number of carbonyl (C=O) groups is 2. The van der Waals surface area contributed by atoms with Crippen molar-refractivity contribution < 1.29 is 19.1 Å². The molecular formula is C23H23N7O4S2. The van der Waals surface area contributed by atoms with Crippen molar-refractivity contribution in [2.45, 2.75) is 0 Å². The summed E-state index contributed by atoms with van der Waals surface area (Å²) in [4.78, 5) is 28.7. The van der Waals surface area contributed by atoms with Crippen molar-refractivity contribution in [2.24, 2.45) is 0 Å². The lowest BCUT2D eigenvalue weighted by atomic mass is 10.2. The highest BCUT2D eigenvalue weighted by Crippen LogP contribution is 2.15. The van der Waals surface area contributed by atoms with Crippen molar-refractivity contribution in [2.75, 3.05) is 24.9 Å². The van der Waals surface area contributed by atoms with E-state index in [-0.39, 0.29) is 21.5 Å². The normalized spacial score (nSPS) is 9.83. The lowest BCUT2D eigenvalue weighted by Gasteiger charge is -2.12. The Bertz CT molecular complexity index is 1120. The van der Waals surface area contributed by atoms with Gasteiger partial charge in [0, 0.05) is 17.6 Å². The van der Waals surface area contributed by atoms with Gasteiger partial charge in [-0.05, 0) is 85.1 Å². The zero-order valence-electron chi connectivity index (χ0n) is 19.2. The first-order valence-electron chi connectivity index (χ1n) is 10.4. The Morgan fingerprint density at radius 1 is 0.667 bits per heavy atom. The molecule has 0 bridgehead atoms. The summed E-state index contributed by atoms with van der Waals surface area (Å²) in [6, 6.07) is 17.0. The van der Waals surface area contributed by atoms with Gasteiger partial charge in [-0.25, -0.2) is 0 Å². The van der Waals surface area contributed by atoms with E-state index < -0.39 is 11.8 Å². The van der Waals surface area contributed by atoms with Crippen molar-refractivity contribution in [1.82, 2.24) is 26.7 Å². The van der Waals surface area contributed by atoms with Crippen LogP contribution in [0.5, 0.6) is 11.5 Å². The highest BCUT2D eigenvalue weighted by Gasteiger charge is 2.11. The van der Waals surface area contributed by atoms with Gasteiger partial charge < -0.3 is 20.1 Å². The summed E-state index contributed by atoms with van der Waals surface area (Å²) in [6.07, 6.45) is 1.26. The molecule has 1 aromatic heterocycles. The Morgan fingerprint density at radius 3 is 1.56 bits per heavy atom. The molecule has 0 saturated heterocycles. The first-order valence-corrected chi connectivity index (χ1v) is 11.2. The van der Waals surface area contributed by atoms with E-state index in [2.05, 4.69) is 37.3 Å². The predicted molar refractivity (Wildman–Crippen MR) is 144 cm³/mol. The van der Waals surface area contributed by atoms with Gasteiger partial charge in [0.2, 0.25) is 0 Å². The van der Waals surface area contributed by atoms with Crippen LogP contribution in [0.4, 0.5) is 11.4 Å². The fourth-order valence-corrected chi connectivity index (χ4v) is 3.04. The van der Waals surface area contributed by atoms with E-state index in [1.165, 1.54) is 18.3 Å². The van der Waals surface area contributed by atoms with E-state index in [0.717, 1.165) is 0 Å². The minimum Gasteiger partial charge on any atom is -0.497 e. The second kappa shape index (κ2) is 12.8. The van der Waals surface area contributed by atoms with Crippen LogP contribution in [0.15, 0.2) is 66.9 Å². The third-order valence-corrected chi connectivity index (χ3v) is 4.94. The monoisotopic (exact) mass is 525 g/mol. The second-order valence-electron chi connectivity index (χ2n) is 6.96. The number of methoxy groups -OCH3 is 2.